The highest BCUT2D eigenvalue weighted by molar-refractivity contribution is 6.58. The van der Waals surface area contributed by atoms with Gasteiger partial charge in [-0.05, 0) is 11.5 Å². The monoisotopic (exact) mass is 278 g/mol. The zero-order valence-corrected chi connectivity index (χ0v) is 10.3. The summed E-state index contributed by atoms with van der Waals surface area (Å²) in [5, 5.41) is 18.0. The summed E-state index contributed by atoms with van der Waals surface area (Å²) < 4.78 is 45.7. The van der Waals surface area contributed by atoms with Crippen LogP contribution in [0.25, 0.3) is 0 Å². The van der Waals surface area contributed by atoms with Crippen molar-refractivity contribution in [3.8, 4) is 5.75 Å². The first-order valence-corrected chi connectivity index (χ1v) is 5.51. The second-order valence-electron chi connectivity index (χ2n) is 3.86. The largest absolute Gasteiger partial charge is 0.496 e. The molecule has 0 aliphatic rings. The number of ether oxygens (including phenoxy) is 2. The summed E-state index contributed by atoms with van der Waals surface area (Å²) in [7, 11) is -0.247. The quantitative estimate of drug-likeness (QED) is 0.598. The zero-order chi connectivity index (χ0) is 14.5. The van der Waals surface area contributed by atoms with Crippen molar-refractivity contribution < 1.29 is 32.7 Å². The predicted octanol–water partition coefficient (Wildman–Crippen LogP) is 0.844. The van der Waals surface area contributed by atoms with E-state index in [0.717, 1.165) is 0 Å². The van der Waals surface area contributed by atoms with E-state index in [1.54, 1.807) is 0 Å². The Kier molecular flexibility index (Phi) is 5.65. The van der Waals surface area contributed by atoms with E-state index in [-0.39, 0.29) is 12.1 Å². The average Bonchev–Trinajstić information content (AvgIpc) is 2.33. The smallest absolute Gasteiger partial charge is 0.488 e. The van der Waals surface area contributed by atoms with Gasteiger partial charge in [0.1, 0.15) is 5.75 Å². The molecule has 0 bridgehead atoms. The molecule has 106 valence electrons. The number of halogens is 3. The molecule has 0 heterocycles. The minimum atomic E-state index is -4.26. The van der Waals surface area contributed by atoms with Crippen LogP contribution in [0, 0.1) is 0 Å². The highest BCUT2D eigenvalue weighted by Gasteiger charge is 2.26. The van der Waals surface area contributed by atoms with Gasteiger partial charge in [0.2, 0.25) is 0 Å². The van der Waals surface area contributed by atoms with Crippen molar-refractivity contribution in [1.29, 1.82) is 0 Å². The maximum Gasteiger partial charge on any atom is 0.488 e. The van der Waals surface area contributed by atoms with Gasteiger partial charge in [0, 0.05) is 5.56 Å². The van der Waals surface area contributed by atoms with Crippen molar-refractivity contribution in [1.82, 2.24) is 0 Å². The van der Waals surface area contributed by atoms with Crippen LogP contribution >= 0.6 is 0 Å². The van der Waals surface area contributed by atoms with Gasteiger partial charge >= 0.3 is 13.3 Å². The highest BCUT2D eigenvalue weighted by atomic mass is 19.4. The van der Waals surface area contributed by atoms with E-state index < -0.39 is 26.3 Å². The van der Waals surface area contributed by atoms with Crippen LogP contribution < -0.4 is 10.2 Å². The predicted molar refractivity (Wildman–Crippen MR) is 63.1 cm³/mol. The maximum absolute atomic E-state index is 11.9. The van der Waals surface area contributed by atoms with E-state index in [2.05, 4.69) is 0 Å². The Labute approximate surface area is 108 Å². The minimum Gasteiger partial charge on any atom is -0.496 e. The molecule has 0 aromatic heterocycles. The summed E-state index contributed by atoms with van der Waals surface area (Å²) in [4.78, 5) is 0. The third-order valence-electron chi connectivity index (χ3n) is 2.39. The fourth-order valence-corrected chi connectivity index (χ4v) is 1.44. The van der Waals surface area contributed by atoms with Crippen LogP contribution in [-0.4, -0.2) is 37.1 Å². The van der Waals surface area contributed by atoms with E-state index >= 15 is 0 Å². The molecular formula is C11H14BF3O4. The fraction of sp³-hybridized carbons (Fsp3) is 0.455. The van der Waals surface area contributed by atoms with Crippen LogP contribution in [0.1, 0.15) is 12.0 Å². The minimum absolute atomic E-state index is 0.0974. The first-order valence-electron chi connectivity index (χ1n) is 5.51. The first-order chi connectivity index (χ1) is 8.83. The number of benzene rings is 1. The Morgan fingerprint density at radius 1 is 1.26 bits per heavy atom. The Morgan fingerprint density at radius 2 is 1.95 bits per heavy atom. The molecule has 0 saturated carbocycles. The Balaban J connectivity index is 2.62. The van der Waals surface area contributed by atoms with Crippen molar-refractivity contribution in [2.75, 3.05) is 13.7 Å². The highest BCUT2D eigenvalue weighted by Crippen LogP contribution is 2.21. The lowest BCUT2D eigenvalue weighted by atomic mass is 9.79. The molecule has 0 atom stereocenters. The lowest BCUT2D eigenvalue weighted by molar-refractivity contribution is -0.146. The molecule has 2 N–H and O–H groups in total. The molecular weight excluding hydrogens is 264 g/mol. The van der Waals surface area contributed by atoms with E-state index in [1.165, 1.54) is 25.3 Å². The summed E-state index contributed by atoms with van der Waals surface area (Å²) in [5.41, 5.74) is 0.672. The average molecular weight is 278 g/mol. The molecule has 0 aliphatic carbocycles. The van der Waals surface area contributed by atoms with E-state index in [1.807, 2.05) is 0 Å². The van der Waals surface area contributed by atoms with E-state index in [0.29, 0.717) is 11.3 Å². The van der Waals surface area contributed by atoms with Crippen LogP contribution in [-0.2, 0) is 11.3 Å². The molecule has 0 fully saturated rings. The second kappa shape index (κ2) is 6.79. The summed E-state index contributed by atoms with van der Waals surface area (Å²) in [6.45, 7) is -0.557. The number of hydrogen-bond acceptors (Lipinski definition) is 4. The summed E-state index contributed by atoms with van der Waals surface area (Å²) in [5.74, 6) is 0.413. The van der Waals surface area contributed by atoms with Crippen LogP contribution in [0.4, 0.5) is 13.2 Å². The standard InChI is InChI=1S/C11H14BF3O4/c1-18-10-3-2-9(12(16)17)6-8(10)7-19-5-4-11(13,14)15/h2-3,6,16-17H,4-5,7H2,1H3. The summed E-state index contributed by atoms with van der Waals surface area (Å²) >= 11 is 0. The van der Waals surface area contributed by atoms with Crippen LogP contribution in [0.15, 0.2) is 18.2 Å². The molecule has 0 saturated heterocycles. The number of rotatable bonds is 6. The molecule has 0 amide bonds. The SMILES string of the molecule is COc1ccc(B(O)O)cc1COCCC(F)(F)F. The molecule has 4 nitrogen and oxygen atoms in total. The summed E-state index contributed by atoms with van der Waals surface area (Å²) in [6.07, 6.45) is -5.29. The van der Waals surface area contributed by atoms with Gasteiger partial charge in [-0.2, -0.15) is 13.2 Å². The normalized spacial score (nSPS) is 11.5. The van der Waals surface area contributed by atoms with Crippen molar-refractivity contribution in [3.05, 3.63) is 23.8 Å². The molecule has 0 unspecified atom stereocenters. The van der Waals surface area contributed by atoms with Crippen molar-refractivity contribution >= 4 is 12.6 Å². The number of alkyl halides is 3. The van der Waals surface area contributed by atoms with Gasteiger partial charge in [-0.1, -0.05) is 12.1 Å². The second-order valence-corrected chi connectivity index (χ2v) is 3.86. The molecule has 0 aliphatic heterocycles. The van der Waals surface area contributed by atoms with Crippen molar-refractivity contribution in [2.24, 2.45) is 0 Å². The molecule has 1 aromatic rings. The number of methoxy groups -OCH3 is 1. The lowest BCUT2D eigenvalue weighted by Gasteiger charge is -2.12. The lowest BCUT2D eigenvalue weighted by Crippen LogP contribution is -2.30. The fourth-order valence-electron chi connectivity index (χ4n) is 1.44. The van der Waals surface area contributed by atoms with Crippen LogP contribution in [0.5, 0.6) is 5.75 Å². The first kappa shape index (κ1) is 15.8. The number of hydrogen-bond donors (Lipinski definition) is 2. The molecule has 1 aromatic carbocycles. The van der Waals surface area contributed by atoms with Crippen molar-refractivity contribution in [3.63, 3.8) is 0 Å². The maximum atomic E-state index is 11.9. The Hall–Kier alpha value is -1.25. The summed E-state index contributed by atoms with van der Waals surface area (Å²) in [6, 6.07) is 4.36. The Morgan fingerprint density at radius 3 is 2.47 bits per heavy atom. The van der Waals surface area contributed by atoms with Gasteiger partial charge in [-0.3, -0.25) is 0 Å². The molecule has 8 heteroatoms. The third kappa shape index (κ3) is 5.50. The van der Waals surface area contributed by atoms with E-state index in [4.69, 9.17) is 19.5 Å². The van der Waals surface area contributed by atoms with Crippen molar-refractivity contribution in [2.45, 2.75) is 19.2 Å². The third-order valence-corrected chi connectivity index (χ3v) is 2.39. The van der Waals surface area contributed by atoms with Gasteiger partial charge in [0.25, 0.3) is 0 Å². The van der Waals surface area contributed by atoms with Gasteiger partial charge in [0.05, 0.1) is 26.7 Å². The molecule has 0 spiro atoms. The van der Waals surface area contributed by atoms with Gasteiger partial charge in [-0.15, -0.1) is 0 Å². The van der Waals surface area contributed by atoms with Gasteiger partial charge < -0.3 is 19.5 Å². The topological polar surface area (TPSA) is 58.9 Å². The van der Waals surface area contributed by atoms with Crippen LogP contribution in [0.2, 0.25) is 0 Å². The zero-order valence-electron chi connectivity index (χ0n) is 10.3. The van der Waals surface area contributed by atoms with Crippen LogP contribution in [0.3, 0.4) is 0 Å². The van der Waals surface area contributed by atoms with E-state index in [9.17, 15) is 13.2 Å². The van der Waals surface area contributed by atoms with Gasteiger partial charge in [0.15, 0.2) is 0 Å². The molecule has 19 heavy (non-hydrogen) atoms. The Bertz CT molecular complexity index is 409. The molecule has 0 radical (unpaired) electrons. The molecule has 1 rings (SSSR count). The van der Waals surface area contributed by atoms with Gasteiger partial charge in [-0.25, -0.2) is 0 Å².